The van der Waals surface area contributed by atoms with Crippen LogP contribution in [-0.2, 0) is 4.74 Å². The zero-order valence-electron chi connectivity index (χ0n) is 10.5. The first-order valence-electron chi connectivity index (χ1n) is 5.90. The Labute approximate surface area is 89.4 Å². The predicted octanol–water partition coefficient (Wildman–Crippen LogP) is 2.97. The maximum absolute atomic E-state index is 5.94. The van der Waals surface area contributed by atoms with Crippen LogP contribution in [0.3, 0.4) is 0 Å². The van der Waals surface area contributed by atoms with Crippen LogP contribution in [0.15, 0.2) is 0 Å². The molecule has 0 bridgehead atoms. The van der Waals surface area contributed by atoms with Gasteiger partial charge in [0.1, 0.15) is 0 Å². The minimum absolute atomic E-state index is 0.0393. The minimum atomic E-state index is 0.0393. The van der Waals surface area contributed by atoms with E-state index in [2.05, 4.69) is 39.9 Å². The molecule has 0 spiro atoms. The van der Waals surface area contributed by atoms with Gasteiger partial charge in [-0.2, -0.15) is 0 Å². The van der Waals surface area contributed by atoms with Crippen molar-refractivity contribution in [1.29, 1.82) is 0 Å². The van der Waals surface area contributed by atoms with Gasteiger partial charge in [-0.25, -0.2) is 0 Å². The molecule has 0 aromatic carbocycles. The van der Waals surface area contributed by atoms with E-state index in [0.717, 1.165) is 25.9 Å². The van der Waals surface area contributed by atoms with Crippen LogP contribution in [0.2, 0.25) is 0 Å². The van der Waals surface area contributed by atoms with E-state index in [4.69, 9.17) is 4.74 Å². The van der Waals surface area contributed by atoms with Crippen LogP contribution in [0.5, 0.6) is 0 Å². The fourth-order valence-corrected chi connectivity index (χ4v) is 1.38. The first-order chi connectivity index (χ1) is 6.52. The molecule has 0 aromatic heterocycles. The van der Waals surface area contributed by atoms with Gasteiger partial charge in [-0.1, -0.05) is 13.8 Å². The average Bonchev–Trinajstić information content (AvgIpc) is 2.12. The molecule has 0 rings (SSSR count). The second-order valence-corrected chi connectivity index (χ2v) is 4.54. The van der Waals surface area contributed by atoms with Crippen LogP contribution in [-0.4, -0.2) is 24.8 Å². The Morgan fingerprint density at radius 1 is 1.29 bits per heavy atom. The van der Waals surface area contributed by atoms with E-state index in [1.165, 1.54) is 6.42 Å². The normalized spacial score (nSPS) is 14.4. The molecule has 1 atom stereocenters. The molecule has 1 N–H and O–H groups in total. The summed E-state index contributed by atoms with van der Waals surface area (Å²) in [4.78, 5) is 0. The van der Waals surface area contributed by atoms with Crippen molar-refractivity contribution in [2.24, 2.45) is 0 Å². The fourth-order valence-electron chi connectivity index (χ4n) is 1.38. The van der Waals surface area contributed by atoms with E-state index in [9.17, 15) is 0 Å². The van der Waals surface area contributed by atoms with E-state index < -0.39 is 0 Å². The summed E-state index contributed by atoms with van der Waals surface area (Å²) in [5.74, 6) is 0. The molecule has 0 aliphatic carbocycles. The molecule has 0 aliphatic heterocycles. The van der Waals surface area contributed by atoms with Gasteiger partial charge < -0.3 is 10.1 Å². The lowest BCUT2D eigenvalue weighted by Crippen LogP contribution is -2.29. The van der Waals surface area contributed by atoms with Crippen molar-refractivity contribution in [2.45, 2.75) is 65.6 Å². The molecule has 2 heteroatoms. The zero-order valence-corrected chi connectivity index (χ0v) is 10.5. The molecule has 2 nitrogen and oxygen atoms in total. The molecular formula is C12H27NO. The summed E-state index contributed by atoms with van der Waals surface area (Å²) < 4.78 is 5.94. The molecule has 14 heavy (non-hydrogen) atoms. The summed E-state index contributed by atoms with van der Waals surface area (Å²) in [5, 5.41) is 3.32. The van der Waals surface area contributed by atoms with E-state index in [-0.39, 0.29) is 5.60 Å². The Morgan fingerprint density at radius 3 is 2.43 bits per heavy atom. The smallest absolute Gasteiger partial charge is 0.0627 e. The third-order valence-electron chi connectivity index (χ3n) is 2.59. The topological polar surface area (TPSA) is 21.3 Å². The number of hydrogen-bond donors (Lipinski definition) is 1. The SMILES string of the molecule is CCNCCCC(C)OC(C)(C)CC. The molecule has 0 heterocycles. The quantitative estimate of drug-likeness (QED) is 0.610. The first kappa shape index (κ1) is 13.9. The molecule has 0 amide bonds. The van der Waals surface area contributed by atoms with E-state index >= 15 is 0 Å². The van der Waals surface area contributed by atoms with Crippen molar-refractivity contribution in [2.75, 3.05) is 13.1 Å². The molecule has 0 radical (unpaired) electrons. The molecular weight excluding hydrogens is 174 g/mol. The van der Waals surface area contributed by atoms with Crippen molar-refractivity contribution in [1.82, 2.24) is 5.32 Å². The van der Waals surface area contributed by atoms with Gasteiger partial charge in [0.25, 0.3) is 0 Å². The van der Waals surface area contributed by atoms with Crippen molar-refractivity contribution >= 4 is 0 Å². The molecule has 0 aliphatic rings. The van der Waals surface area contributed by atoms with Crippen LogP contribution in [0.4, 0.5) is 0 Å². The summed E-state index contributed by atoms with van der Waals surface area (Å²) in [6, 6.07) is 0. The molecule has 86 valence electrons. The van der Waals surface area contributed by atoms with Crippen LogP contribution >= 0.6 is 0 Å². The lowest BCUT2D eigenvalue weighted by atomic mass is 10.1. The highest BCUT2D eigenvalue weighted by atomic mass is 16.5. The van der Waals surface area contributed by atoms with Gasteiger partial charge in [0.15, 0.2) is 0 Å². The predicted molar refractivity (Wildman–Crippen MR) is 62.7 cm³/mol. The lowest BCUT2D eigenvalue weighted by molar-refractivity contribution is -0.0686. The highest BCUT2D eigenvalue weighted by Gasteiger charge is 2.18. The lowest BCUT2D eigenvalue weighted by Gasteiger charge is -2.28. The highest BCUT2D eigenvalue weighted by molar-refractivity contribution is 4.68. The van der Waals surface area contributed by atoms with Crippen molar-refractivity contribution < 1.29 is 4.74 Å². The van der Waals surface area contributed by atoms with E-state index in [1.807, 2.05) is 0 Å². The molecule has 0 saturated heterocycles. The largest absolute Gasteiger partial charge is 0.373 e. The third kappa shape index (κ3) is 7.34. The van der Waals surface area contributed by atoms with Gasteiger partial charge in [-0.05, 0) is 53.1 Å². The van der Waals surface area contributed by atoms with Gasteiger partial charge in [0, 0.05) is 0 Å². The summed E-state index contributed by atoms with van der Waals surface area (Å²) in [7, 11) is 0. The van der Waals surface area contributed by atoms with Crippen LogP contribution in [0, 0.1) is 0 Å². The summed E-state index contributed by atoms with van der Waals surface area (Å²) >= 11 is 0. The second kappa shape index (κ2) is 7.24. The summed E-state index contributed by atoms with van der Waals surface area (Å²) in [6.07, 6.45) is 3.80. The molecule has 0 saturated carbocycles. The van der Waals surface area contributed by atoms with Crippen LogP contribution < -0.4 is 5.32 Å². The van der Waals surface area contributed by atoms with E-state index in [1.54, 1.807) is 0 Å². The summed E-state index contributed by atoms with van der Waals surface area (Å²) in [5.41, 5.74) is 0.0393. The Bertz CT molecular complexity index is 134. The van der Waals surface area contributed by atoms with Crippen LogP contribution in [0.1, 0.15) is 53.9 Å². The third-order valence-corrected chi connectivity index (χ3v) is 2.59. The van der Waals surface area contributed by atoms with E-state index in [0.29, 0.717) is 6.10 Å². The Morgan fingerprint density at radius 2 is 1.93 bits per heavy atom. The van der Waals surface area contributed by atoms with Crippen molar-refractivity contribution in [3.05, 3.63) is 0 Å². The van der Waals surface area contributed by atoms with Crippen molar-refractivity contribution in [3.8, 4) is 0 Å². The highest BCUT2D eigenvalue weighted by Crippen LogP contribution is 2.18. The Hall–Kier alpha value is -0.0800. The van der Waals surface area contributed by atoms with Gasteiger partial charge in [-0.3, -0.25) is 0 Å². The van der Waals surface area contributed by atoms with Crippen LogP contribution in [0.25, 0.3) is 0 Å². The summed E-state index contributed by atoms with van der Waals surface area (Å²) in [6.45, 7) is 13.0. The average molecular weight is 201 g/mol. The molecule has 0 fully saturated rings. The minimum Gasteiger partial charge on any atom is -0.373 e. The van der Waals surface area contributed by atoms with Gasteiger partial charge >= 0.3 is 0 Å². The second-order valence-electron chi connectivity index (χ2n) is 4.54. The van der Waals surface area contributed by atoms with Gasteiger partial charge in [-0.15, -0.1) is 0 Å². The maximum atomic E-state index is 5.94. The Kier molecular flexibility index (Phi) is 7.20. The number of hydrogen-bond acceptors (Lipinski definition) is 2. The maximum Gasteiger partial charge on any atom is 0.0627 e. The van der Waals surface area contributed by atoms with Gasteiger partial charge in [0.2, 0.25) is 0 Å². The number of rotatable bonds is 8. The van der Waals surface area contributed by atoms with Crippen molar-refractivity contribution in [3.63, 3.8) is 0 Å². The monoisotopic (exact) mass is 201 g/mol. The van der Waals surface area contributed by atoms with Gasteiger partial charge in [0.05, 0.1) is 11.7 Å². The number of ether oxygens (including phenoxy) is 1. The molecule has 0 aromatic rings. The molecule has 1 unspecified atom stereocenters. The Balaban J connectivity index is 3.49. The first-order valence-corrected chi connectivity index (χ1v) is 5.90. The zero-order chi connectivity index (χ0) is 11.0. The number of nitrogens with one attached hydrogen (secondary N) is 1. The fraction of sp³-hybridized carbons (Fsp3) is 1.00. The standard InChI is InChI=1S/C12H27NO/c1-6-12(4,5)14-11(3)9-8-10-13-7-2/h11,13H,6-10H2,1-5H3.